The highest BCUT2D eigenvalue weighted by atomic mass is 14.9. The van der Waals surface area contributed by atoms with Crippen LogP contribution in [0.25, 0.3) is 0 Å². The lowest BCUT2D eigenvalue weighted by Crippen LogP contribution is -2.21. The second-order valence-electron chi connectivity index (χ2n) is 5.53. The van der Waals surface area contributed by atoms with Crippen LogP contribution in [0.5, 0.6) is 0 Å². The van der Waals surface area contributed by atoms with Crippen molar-refractivity contribution in [3.63, 3.8) is 0 Å². The minimum atomic E-state index is 0.483. The fourth-order valence-electron chi connectivity index (χ4n) is 2.78. The van der Waals surface area contributed by atoms with Crippen LogP contribution in [-0.2, 0) is 0 Å². The predicted octanol–water partition coefficient (Wildman–Crippen LogP) is 4.23. The van der Waals surface area contributed by atoms with Gasteiger partial charge < -0.3 is 5.32 Å². The van der Waals surface area contributed by atoms with Crippen LogP contribution in [0, 0.1) is 12.8 Å². The van der Waals surface area contributed by atoms with E-state index in [9.17, 15) is 0 Å². The molecule has 0 spiro atoms. The van der Waals surface area contributed by atoms with Gasteiger partial charge in [0.05, 0.1) is 0 Å². The van der Waals surface area contributed by atoms with Crippen LogP contribution in [0.15, 0.2) is 24.3 Å². The van der Waals surface area contributed by atoms with Crippen molar-refractivity contribution < 1.29 is 0 Å². The average molecular weight is 231 g/mol. The third kappa shape index (κ3) is 3.85. The summed E-state index contributed by atoms with van der Waals surface area (Å²) in [7, 11) is 0. The summed E-state index contributed by atoms with van der Waals surface area (Å²) in [6.07, 6.45) is 7.19. The summed E-state index contributed by atoms with van der Waals surface area (Å²) in [6, 6.07) is 9.36. The topological polar surface area (TPSA) is 12.0 Å². The molecule has 94 valence electrons. The Bertz CT molecular complexity index is 322. The van der Waals surface area contributed by atoms with Gasteiger partial charge in [0.15, 0.2) is 0 Å². The van der Waals surface area contributed by atoms with Crippen molar-refractivity contribution in [3.05, 3.63) is 35.4 Å². The molecule has 0 unspecified atom stereocenters. The Labute approximate surface area is 106 Å². The summed E-state index contributed by atoms with van der Waals surface area (Å²) in [5.74, 6) is 0.993. The summed E-state index contributed by atoms with van der Waals surface area (Å²) in [5, 5.41) is 3.65. The van der Waals surface area contributed by atoms with Crippen molar-refractivity contribution in [1.82, 2.24) is 5.32 Å². The zero-order chi connectivity index (χ0) is 12.1. The average Bonchev–Trinajstić information content (AvgIpc) is 2.83. The van der Waals surface area contributed by atoms with Crippen LogP contribution in [-0.4, -0.2) is 6.54 Å². The molecular weight excluding hydrogens is 206 g/mol. The Morgan fingerprint density at radius 3 is 2.47 bits per heavy atom. The molecule has 1 aromatic rings. The van der Waals surface area contributed by atoms with Crippen molar-refractivity contribution in [2.75, 3.05) is 6.54 Å². The maximum Gasteiger partial charge on any atom is 0.0291 e. The van der Waals surface area contributed by atoms with E-state index in [-0.39, 0.29) is 0 Å². The van der Waals surface area contributed by atoms with Crippen LogP contribution in [0.4, 0.5) is 0 Å². The van der Waals surface area contributed by atoms with Crippen LogP contribution in [0.2, 0.25) is 0 Å². The number of rotatable bonds is 5. The van der Waals surface area contributed by atoms with Gasteiger partial charge in [0, 0.05) is 6.04 Å². The zero-order valence-electron chi connectivity index (χ0n) is 11.2. The molecule has 1 atom stereocenters. The summed E-state index contributed by atoms with van der Waals surface area (Å²) < 4.78 is 0. The molecule has 0 saturated heterocycles. The van der Waals surface area contributed by atoms with Gasteiger partial charge in [0.2, 0.25) is 0 Å². The Morgan fingerprint density at radius 2 is 1.82 bits per heavy atom. The Kier molecular flexibility index (Phi) is 4.61. The fraction of sp³-hybridized carbons (Fsp3) is 0.625. The van der Waals surface area contributed by atoms with Crippen LogP contribution in [0.3, 0.4) is 0 Å². The molecule has 0 radical (unpaired) electrons. The molecule has 0 heterocycles. The van der Waals surface area contributed by atoms with Crippen molar-refractivity contribution >= 4 is 0 Å². The van der Waals surface area contributed by atoms with E-state index < -0.39 is 0 Å². The highest BCUT2D eigenvalue weighted by Gasteiger charge is 2.14. The molecule has 0 amide bonds. The number of hydrogen-bond donors (Lipinski definition) is 1. The first-order valence-electron chi connectivity index (χ1n) is 7.05. The van der Waals surface area contributed by atoms with Gasteiger partial charge in [-0.1, -0.05) is 55.5 Å². The number of nitrogens with one attached hydrogen (secondary N) is 1. The molecule has 1 N–H and O–H groups in total. The molecule has 0 aliphatic heterocycles. The van der Waals surface area contributed by atoms with Crippen LogP contribution in [0.1, 0.15) is 56.2 Å². The fourth-order valence-corrected chi connectivity index (χ4v) is 2.78. The molecule has 17 heavy (non-hydrogen) atoms. The van der Waals surface area contributed by atoms with Gasteiger partial charge in [0.1, 0.15) is 0 Å². The number of aryl methyl sites for hydroxylation is 1. The summed E-state index contributed by atoms with van der Waals surface area (Å²) in [5.41, 5.74) is 2.74. The molecule has 1 heteroatoms. The highest BCUT2D eigenvalue weighted by Crippen LogP contribution is 2.27. The van der Waals surface area contributed by atoms with E-state index in [0.29, 0.717) is 6.04 Å². The second-order valence-corrected chi connectivity index (χ2v) is 5.53. The molecular formula is C16H25N. The van der Waals surface area contributed by atoms with E-state index in [1.54, 1.807) is 0 Å². The Hall–Kier alpha value is -0.820. The Morgan fingerprint density at radius 1 is 1.18 bits per heavy atom. The zero-order valence-corrected chi connectivity index (χ0v) is 11.2. The molecule has 1 aliphatic carbocycles. The van der Waals surface area contributed by atoms with E-state index in [2.05, 4.69) is 43.4 Å². The highest BCUT2D eigenvalue weighted by molar-refractivity contribution is 5.23. The first-order valence-corrected chi connectivity index (χ1v) is 7.05. The summed E-state index contributed by atoms with van der Waals surface area (Å²) in [6.45, 7) is 5.57. The van der Waals surface area contributed by atoms with Crippen LogP contribution >= 0.6 is 0 Å². The van der Waals surface area contributed by atoms with Crippen molar-refractivity contribution in [2.24, 2.45) is 5.92 Å². The SMILES string of the molecule is Cc1ccc([C@@H](C)NCCC2CCCC2)cc1. The van der Waals surface area contributed by atoms with Gasteiger partial charge in [-0.2, -0.15) is 0 Å². The molecule has 1 aromatic carbocycles. The van der Waals surface area contributed by atoms with E-state index in [1.165, 1.54) is 49.8 Å². The molecule has 2 rings (SSSR count). The minimum Gasteiger partial charge on any atom is -0.310 e. The molecule has 1 fully saturated rings. The second kappa shape index (κ2) is 6.20. The molecule has 1 aliphatic rings. The number of hydrogen-bond acceptors (Lipinski definition) is 1. The molecule has 1 saturated carbocycles. The van der Waals surface area contributed by atoms with Gasteiger partial charge in [0.25, 0.3) is 0 Å². The van der Waals surface area contributed by atoms with Gasteiger partial charge in [-0.15, -0.1) is 0 Å². The predicted molar refractivity (Wildman–Crippen MR) is 74.2 cm³/mol. The van der Waals surface area contributed by atoms with E-state index in [4.69, 9.17) is 0 Å². The van der Waals surface area contributed by atoms with Gasteiger partial charge >= 0.3 is 0 Å². The normalized spacial score (nSPS) is 18.5. The third-order valence-corrected chi connectivity index (χ3v) is 4.06. The monoisotopic (exact) mass is 231 g/mol. The summed E-state index contributed by atoms with van der Waals surface area (Å²) in [4.78, 5) is 0. The van der Waals surface area contributed by atoms with E-state index in [1.807, 2.05) is 0 Å². The lowest BCUT2D eigenvalue weighted by molar-refractivity contribution is 0.455. The number of benzene rings is 1. The Balaban J connectivity index is 1.72. The third-order valence-electron chi connectivity index (χ3n) is 4.06. The van der Waals surface area contributed by atoms with Gasteiger partial charge in [-0.05, 0) is 38.3 Å². The lowest BCUT2D eigenvalue weighted by atomic mass is 10.0. The van der Waals surface area contributed by atoms with Gasteiger partial charge in [-0.3, -0.25) is 0 Å². The minimum absolute atomic E-state index is 0.483. The van der Waals surface area contributed by atoms with Crippen molar-refractivity contribution in [3.8, 4) is 0 Å². The largest absolute Gasteiger partial charge is 0.310 e. The van der Waals surface area contributed by atoms with Crippen molar-refractivity contribution in [1.29, 1.82) is 0 Å². The van der Waals surface area contributed by atoms with E-state index in [0.717, 1.165) is 5.92 Å². The lowest BCUT2D eigenvalue weighted by Gasteiger charge is -2.16. The van der Waals surface area contributed by atoms with Gasteiger partial charge in [-0.25, -0.2) is 0 Å². The molecule has 0 bridgehead atoms. The quantitative estimate of drug-likeness (QED) is 0.800. The maximum atomic E-state index is 3.65. The van der Waals surface area contributed by atoms with E-state index >= 15 is 0 Å². The first kappa shape index (κ1) is 12.6. The standard InChI is InChI=1S/C16H25N/c1-13-7-9-16(10-8-13)14(2)17-12-11-15-5-3-4-6-15/h7-10,14-15,17H,3-6,11-12H2,1-2H3/t14-/m1/s1. The summed E-state index contributed by atoms with van der Waals surface area (Å²) >= 11 is 0. The maximum absolute atomic E-state index is 3.65. The molecule has 0 aromatic heterocycles. The first-order chi connectivity index (χ1) is 8.25. The molecule has 1 nitrogen and oxygen atoms in total. The smallest absolute Gasteiger partial charge is 0.0291 e. The van der Waals surface area contributed by atoms with Crippen LogP contribution < -0.4 is 5.32 Å². The van der Waals surface area contributed by atoms with Crippen molar-refractivity contribution in [2.45, 2.75) is 52.0 Å².